The molecular formula is C16H15N5OS. The molecule has 1 aliphatic rings. The molecule has 0 bridgehead atoms. The number of nitrogens with one attached hydrogen (secondary N) is 1. The molecule has 1 saturated carbocycles. The van der Waals surface area contributed by atoms with Gasteiger partial charge in [-0.3, -0.25) is 4.98 Å². The average Bonchev–Trinajstić information content (AvgIpc) is 3.04. The summed E-state index contributed by atoms with van der Waals surface area (Å²) in [5.41, 5.74) is 3.62. The molecular weight excluding hydrogens is 310 g/mol. The molecule has 6 nitrogen and oxygen atoms in total. The molecule has 0 aromatic carbocycles. The van der Waals surface area contributed by atoms with Crippen molar-refractivity contribution in [3.63, 3.8) is 0 Å². The van der Waals surface area contributed by atoms with Crippen LogP contribution in [-0.4, -0.2) is 26.2 Å². The van der Waals surface area contributed by atoms with Crippen LogP contribution in [0.3, 0.4) is 0 Å². The molecule has 1 aliphatic carbocycles. The van der Waals surface area contributed by atoms with Crippen molar-refractivity contribution in [2.75, 3.05) is 5.32 Å². The maximum absolute atomic E-state index is 5.29. The van der Waals surface area contributed by atoms with Crippen molar-refractivity contribution in [1.82, 2.24) is 20.1 Å². The Balaban J connectivity index is 1.57. The zero-order valence-electron chi connectivity index (χ0n) is 12.6. The maximum atomic E-state index is 5.29. The van der Waals surface area contributed by atoms with Gasteiger partial charge in [-0.15, -0.1) is 11.3 Å². The molecule has 0 radical (unpaired) electrons. The van der Waals surface area contributed by atoms with Gasteiger partial charge in [-0.2, -0.15) is 4.98 Å². The third-order valence-corrected chi connectivity index (χ3v) is 4.17. The molecule has 0 saturated heterocycles. The van der Waals surface area contributed by atoms with Crippen LogP contribution in [0.2, 0.25) is 0 Å². The first kappa shape index (κ1) is 14.1. The van der Waals surface area contributed by atoms with E-state index in [-0.39, 0.29) is 0 Å². The molecule has 1 N–H and O–H groups in total. The molecule has 0 amide bonds. The summed E-state index contributed by atoms with van der Waals surface area (Å²) >= 11 is 1.56. The lowest BCUT2D eigenvalue weighted by Crippen LogP contribution is -2.04. The van der Waals surface area contributed by atoms with Crippen LogP contribution < -0.4 is 5.32 Å². The van der Waals surface area contributed by atoms with E-state index in [2.05, 4.69) is 25.4 Å². The fraction of sp³-hybridized carbons (Fsp3) is 0.250. The molecule has 3 aromatic heterocycles. The smallest absolute Gasteiger partial charge is 0.250 e. The van der Waals surface area contributed by atoms with Gasteiger partial charge < -0.3 is 9.84 Å². The van der Waals surface area contributed by atoms with Gasteiger partial charge in [-0.05, 0) is 38.0 Å². The van der Waals surface area contributed by atoms with E-state index in [1.807, 2.05) is 25.1 Å². The van der Waals surface area contributed by atoms with Gasteiger partial charge in [-0.25, -0.2) is 4.98 Å². The summed E-state index contributed by atoms with van der Waals surface area (Å²) in [6, 6.07) is 4.48. The number of nitrogens with zero attached hydrogens (tertiary/aromatic N) is 4. The Kier molecular flexibility index (Phi) is 3.63. The van der Waals surface area contributed by atoms with Gasteiger partial charge in [0.1, 0.15) is 5.82 Å². The number of aryl methyl sites for hydroxylation is 1. The lowest BCUT2D eigenvalue weighted by Gasteiger charge is -2.06. The van der Waals surface area contributed by atoms with Crippen molar-refractivity contribution >= 4 is 29.3 Å². The Hall–Kier alpha value is -2.54. The van der Waals surface area contributed by atoms with Crippen LogP contribution in [-0.2, 0) is 0 Å². The minimum atomic E-state index is 0.472. The van der Waals surface area contributed by atoms with Crippen LogP contribution in [0.4, 0.5) is 5.82 Å². The van der Waals surface area contributed by atoms with Crippen LogP contribution in [0, 0.1) is 6.92 Å². The number of pyridine rings is 1. The molecule has 23 heavy (non-hydrogen) atoms. The highest BCUT2D eigenvalue weighted by atomic mass is 32.1. The SMILES string of the molecule is Cc1cc(-c2noc(/C=C/c3cncs3)n2)cc(NC2CC2)n1. The molecule has 0 spiro atoms. The van der Waals surface area contributed by atoms with Gasteiger partial charge >= 0.3 is 0 Å². The second-order valence-corrected chi connectivity index (χ2v) is 6.41. The zero-order chi connectivity index (χ0) is 15.6. The van der Waals surface area contributed by atoms with Crippen LogP contribution >= 0.6 is 11.3 Å². The van der Waals surface area contributed by atoms with E-state index in [9.17, 15) is 0 Å². The molecule has 4 rings (SSSR count). The van der Waals surface area contributed by atoms with Crippen molar-refractivity contribution in [2.24, 2.45) is 0 Å². The standard InChI is InChI=1S/C16H15N5OS/c1-10-6-11(7-14(18-10)19-12-2-3-12)16-20-15(22-21-16)5-4-13-8-17-9-23-13/h4-9,12H,2-3H2,1H3,(H,18,19)/b5-4+. The first-order valence-electron chi connectivity index (χ1n) is 7.42. The lowest BCUT2D eigenvalue weighted by molar-refractivity contribution is 0.411. The highest BCUT2D eigenvalue weighted by Gasteiger charge is 2.21. The maximum Gasteiger partial charge on any atom is 0.250 e. The van der Waals surface area contributed by atoms with E-state index < -0.39 is 0 Å². The summed E-state index contributed by atoms with van der Waals surface area (Å²) in [5, 5.41) is 7.46. The van der Waals surface area contributed by atoms with Crippen molar-refractivity contribution in [3.05, 3.63) is 40.3 Å². The molecule has 0 aliphatic heterocycles. The molecule has 0 unspecified atom stereocenters. The van der Waals surface area contributed by atoms with E-state index in [1.165, 1.54) is 12.8 Å². The van der Waals surface area contributed by atoms with Crippen LogP contribution in [0.1, 0.15) is 29.3 Å². The average molecular weight is 325 g/mol. The minimum absolute atomic E-state index is 0.472. The molecule has 7 heteroatoms. The first-order valence-corrected chi connectivity index (χ1v) is 8.30. The van der Waals surface area contributed by atoms with Crippen molar-refractivity contribution in [2.45, 2.75) is 25.8 Å². The number of thiazole rings is 1. The molecule has 0 atom stereocenters. The second kappa shape index (κ2) is 5.92. The van der Waals surface area contributed by atoms with Gasteiger partial charge in [0.25, 0.3) is 5.89 Å². The van der Waals surface area contributed by atoms with Gasteiger partial charge in [0.2, 0.25) is 5.82 Å². The fourth-order valence-corrected chi connectivity index (χ4v) is 2.70. The van der Waals surface area contributed by atoms with Crippen molar-refractivity contribution < 1.29 is 4.52 Å². The molecule has 116 valence electrons. The first-order chi connectivity index (χ1) is 11.3. The van der Waals surface area contributed by atoms with E-state index in [0.29, 0.717) is 17.8 Å². The molecule has 3 heterocycles. The van der Waals surface area contributed by atoms with E-state index in [1.54, 1.807) is 29.1 Å². The lowest BCUT2D eigenvalue weighted by atomic mass is 10.2. The number of hydrogen-bond donors (Lipinski definition) is 1. The number of anilines is 1. The van der Waals surface area contributed by atoms with Gasteiger partial charge in [-0.1, -0.05) is 5.16 Å². The number of rotatable bonds is 5. The van der Waals surface area contributed by atoms with Gasteiger partial charge in [0.15, 0.2) is 0 Å². The summed E-state index contributed by atoms with van der Waals surface area (Å²) < 4.78 is 5.29. The predicted octanol–water partition coefficient (Wildman–Crippen LogP) is 3.64. The number of hydrogen-bond acceptors (Lipinski definition) is 7. The Morgan fingerprint density at radius 1 is 1.26 bits per heavy atom. The normalized spacial score (nSPS) is 14.5. The highest BCUT2D eigenvalue weighted by Crippen LogP contribution is 2.26. The highest BCUT2D eigenvalue weighted by molar-refractivity contribution is 7.10. The van der Waals surface area contributed by atoms with Gasteiger partial charge in [0.05, 0.1) is 5.51 Å². The third kappa shape index (κ3) is 3.45. The molecule has 3 aromatic rings. The van der Waals surface area contributed by atoms with Crippen LogP contribution in [0.15, 0.2) is 28.4 Å². The summed E-state index contributed by atoms with van der Waals surface area (Å²) in [6.45, 7) is 1.96. The predicted molar refractivity (Wildman–Crippen MR) is 90.0 cm³/mol. The Morgan fingerprint density at radius 2 is 2.17 bits per heavy atom. The summed E-state index contributed by atoms with van der Waals surface area (Å²) in [4.78, 5) is 14.0. The zero-order valence-corrected chi connectivity index (χ0v) is 13.4. The summed E-state index contributed by atoms with van der Waals surface area (Å²) in [7, 11) is 0. The Labute approximate surface area is 137 Å². The Morgan fingerprint density at radius 3 is 2.96 bits per heavy atom. The fourth-order valence-electron chi connectivity index (χ4n) is 2.19. The van der Waals surface area contributed by atoms with E-state index in [0.717, 1.165) is 22.0 Å². The second-order valence-electron chi connectivity index (χ2n) is 5.49. The van der Waals surface area contributed by atoms with E-state index >= 15 is 0 Å². The largest absolute Gasteiger partial charge is 0.367 e. The summed E-state index contributed by atoms with van der Waals surface area (Å²) in [6.07, 6.45) is 7.91. The quantitative estimate of drug-likeness (QED) is 0.772. The van der Waals surface area contributed by atoms with Gasteiger partial charge in [0, 0.05) is 34.4 Å². The van der Waals surface area contributed by atoms with Crippen molar-refractivity contribution in [3.8, 4) is 11.4 Å². The minimum Gasteiger partial charge on any atom is -0.367 e. The van der Waals surface area contributed by atoms with Crippen LogP contribution in [0.25, 0.3) is 23.5 Å². The van der Waals surface area contributed by atoms with Crippen LogP contribution in [0.5, 0.6) is 0 Å². The van der Waals surface area contributed by atoms with Crippen molar-refractivity contribution in [1.29, 1.82) is 0 Å². The monoisotopic (exact) mass is 325 g/mol. The summed E-state index contributed by atoms with van der Waals surface area (Å²) in [5.74, 6) is 1.91. The molecule has 1 fully saturated rings. The third-order valence-electron chi connectivity index (χ3n) is 3.42. The topological polar surface area (TPSA) is 76.7 Å². The van der Waals surface area contributed by atoms with E-state index in [4.69, 9.17) is 4.52 Å². The number of aromatic nitrogens is 4. The Bertz CT molecular complexity index is 836.